The van der Waals surface area contributed by atoms with Gasteiger partial charge in [0.25, 0.3) is 0 Å². The Bertz CT molecular complexity index is 120. The molecule has 0 aromatic rings. The zero-order chi connectivity index (χ0) is 8.91. The normalized spacial score (nSPS) is 18.9. The van der Waals surface area contributed by atoms with Gasteiger partial charge >= 0.3 is 0 Å². The van der Waals surface area contributed by atoms with Crippen molar-refractivity contribution in [1.82, 2.24) is 0 Å². The summed E-state index contributed by atoms with van der Waals surface area (Å²) in [4.78, 5) is 10.6. The minimum atomic E-state index is 0.201. The first-order valence-corrected chi connectivity index (χ1v) is 4.56. The van der Waals surface area contributed by atoms with Crippen LogP contribution in [0.15, 0.2) is 0 Å². The second-order valence-corrected chi connectivity index (χ2v) is 3.68. The van der Waals surface area contributed by atoms with Crippen molar-refractivity contribution in [3.63, 3.8) is 0 Å². The molecule has 0 aliphatic rings. The van der Waals surface area contributed by atoms with Gasteiger partial charge in [0.1, 0.15) is 6.29 Å². The van der Waals surface area contributed by atoms with E-state index < -0.39 is 0 Å². The Hall–Kier alpha value is -0.330. The number of hydrogen-bond donors (Lipinski definition) is 0. The fraction of sp³-hybridized carbons (Fsp3) is 0.900. The lowest BCUT2D eigenvalue weighted by molar-refractivity contribution is -0.114. The van der Waals surface area contributed by atoms with Crippen LogP contribution in [-0.2, 0) is 4.79 Å². The fourth-order valence-electron chi connectivity index (χ4n) is 1.46. The number of carbonyl (C=O) groups is 1. The first kappa shape index (κ1) is 10.7. The Labute approximate surface area is 70.2 Å². The van der Waals surface area contributed by atoms with E-state index in [0.29, 0.717) is 0 Å². The summed E-state index contributed by atoms with van der Waals surface area (Å²) in [6, 6.07) is 0. The van der Waals surface area contributed by atoms with E-state index in [1.807, 2.05) is 6.92 Å². The molecule has 0 heterocycles. The second kappa shape index (κ2) is 4.53. The highest BCUT2D eigenvalue weighted by Crippen LogP contribution is 2.34. The smallest absolute Gasteiger partial charge is 0.123 e. The molecule has 2 unspecified atom stereocenters. The molecule has 0 spiro atoms. The zero-order valence-corrected chi connectivity index (χ0v) is 8.18. The van der Waals surface area contributed by atoms with Crippen molar-refractivity contribution in [3.05, 3.63) is 0 Å². The van der Waals surface area contributed by atoms with E-state index in [-0.39, 0.29) is 11.3 Å². The number of aldehydes is 1. The van der Waals surface area contributed by atoms with Crippen LogP contribution in [0, 0.1) is 11.3 Å². The molecule has 1 nitrogen and oxygen atoms in total. The van der Waals surface area contributed by atoms with Crippen LogP contribution in [0.3, 0.4) is 0 Å². The highest BCUT2D eigenvalue weighted by Gasteiger charge is 2.27. The maximum atomic E-state index is 10.6. The summed E-state index contributed by atoms with van der Waals surface area (Å²) in [6.07, 6.45) is 4.51. The number of rotatable bonds is 5. The molecule has 0 N–H and O–H groups in total. The van der Waals surface area contributed by atoms with E-state index in [4.69, 9.17) is 0 Å². The molecule has 0 amide bonds. The van der Waals surface area contributed by atoms with Gasteiger partial charge in [0, 0.05) is 5.92 Å². The van der Waals surface area contributed by atoms with Gasteiger partial charge in [-0.25, -0.2) is 0 Å². The molecular weight excluding hydrogens is 136 g/mol. The summed E-state index contributed by atoms with van der Waals surface area (Å²) < 4.78 is 0. The monoisotopic (exact) mass is 156 g/mol. The van der Waals surface area contributed by atoms with Gasteiger partial charge in [-0.1, -0.05) is 40.5 Å². The van der Waals surface area contributed by atoms with Crippen molar-refractivity contribution < 1.29 is 4.79 Å². The van der Waals surface area contributed by atoms with Crippen molar-refractivity contribution in [2.75, 3.05) is 0 Å². The average Bonchev–Trinajstić information content (AvgIpc) is 2.03. The van der Waals surface area contributed by atoms with Gasteiger partial charge in [-0.3, -0.25) is 0 Å². The summed E-state index contributed by atoms with van der Waals surface area (Å²) in [6.45, 7) is 8.56. The highest BCUT2D eigenvalue weighted by molar-refractivity contribution is 5.54. The van der Waals surface area contributed by atoms with Gasteiger partial charge in [0.15, 0.2) is 0 Å². The summed E-state index contributed by atoms with van der Waals surface area (Å²) >= 11 is 0. The number of hydrogen-bond acceptors (Lipinski definition) is 1. The van der Waals surface area contributed by atoms with Crippen LogP contribution in [0.1, 0.15) is 47.0 Å². The van der Waals surface area contributed by atoms with Crippen LogP contribution in [0.4, 0.5) is 0 Å². The Morgan fingerprint density at radius 3 is 2.27 bits per heavy atom. The lowest BCUT2D eigenvalue weighted by Gasteiger charge is -2.31. The predicted molar refractivity (Wildman–Crippen MR) is 48.5 cm³/mol. The van der Waals surface area contributed by atoms with Gasteiger partial charge < -0.3 is 4.79 Å². The Balaban J connectivity index is 4.18. The standard InChI is InChI=1S/C10H20O/c1-5-7-10(4,6-2)9(3)8-11/h8-9H,5-7H2,1-4H3. The third-order valence-corrected chi connectivity index (χ3v) is 2.93. The lowest BCUT2D eigenvalue weighted by Crippen LogP contribution is -2.25. The topological polar surface area (TPSA) is 17.1 Å². The average molecular weight is 156 g/mol. The molecule has 0 fully saturated rings. The molecule has 0 bridgehead atoms. The van der Waals surface area contributed by atoms with Gasteiger partial charge in [0.2, 0.25) is 0 Å². The maximum Gasteiger partial charge on any atom is 0.123 e. The molecule has 0 rings (SSSR count). The van der Waals surface area contributed by atoms with Crippen LogP contribution >= 0.6 is 0 Å². The number of carbonyl (C=O) groups excluding carboxylic acids is 1. The third kappa shape index (κ3) is 2.64. The van der Waals surface area contributed by atoms with Gasteiger partial charge in [-0.2, -0.15) is 0 Å². The summed E-state index contributed by atoms with van der Waals surface area (Å²) in [5, 5.41) is 0. The van der Waals surface area contributed by atoms with Crippen molar-refractivity contribution in [1.29, 1.82) is 0 Å². The fourth-order valence-corrected chi connectivity index (χ4v) is 1.46. The van der Waals surface area contributed by atoms with E-state index >= 15 is 0 Å². The van der Waals surface area contributed by atoms with Crippen LogP contribution in [0.25, 0.3) is 0 Å². The summed E-state index contributed by atoms with van der Waals surface area (Å²) in [7, 11) is 0. The molecule has 66 valence electrons. The molecular formula is C10H20O. The SMILES string of the molecule is CCCC(C)(CC)C(C)C=O. The van der Waals surface area contributed by atoms with E-state index in [0.717, 1.165) is 19.1 Å². The van der Waals surface area contributed by atoms with Gasteiger partial charge in [0.05, 0.1) is 0 Å². The Kier molecular flexibility index (Phi) is 4.39. The molecule has 2 atom stereocenters. The minimum Gasteiger partial charge on any atom is -0.303 e. The molecule has 1 heteroatoms. The maximum absolute atomic E-state index is 10.6. The van der Waals surface area contributed by atoms with Crippen molar-refractivity contribution >= 4 is 6.29 Å². The van der Waals surface area contributed by atoms with Gasteiger partial charge in [-0.15, -0.1) is 0 Å². The van der Waals surface area contributed by atoms with E-state index in [2.05, 4.69) is 20.8 Å². The van der Waals surface area contributed by atoms with Crippen molar-refractivity contribution in [2.24, 2.45) is 11.3 Å². The molecule has 0 aromatic carbocycles. The van der Waals surface area contributed by atoms with Crippen LogP contribution in [0.2, 0.25) is 0 Å². The third-order valence-electron chi connectivity index (χ3n) is 2.93. The van der Waals surface area contributed by atoms with E-state index in [1.54, 1.807) is 0 Å². The Morgan fingerprint density at radius 2 is 2.00 bits per heavy atom. The van der Waals surface area contributed by atoms with Crippen LogP contribution < -0.4 is 0 Å². The first-order chi connectivity index (χ1) is 5.10. The summed E-state index contributed by atoms with van der Waals surface area (Å²) in [5.74, 6) is 0.201. The predicted octanol–water partition coefficient (Wildman–Crippen LogP) is 3.04. The Morgan fingerprint density at radius 1 is 1.45 bits per heavy atom. The molecule has 11 heavy (non-hydrogen) atoms. The lowest BCUT2D eigenvalue weighted by atomic mass is 9.73. The minimum absolute atomic E-state index is 0.201. The second-order valence-electron chi connectivity index (χ2n) is 3.68. The summed E-state index contributed by atoms with van der Waals surface area (Å²) in [5.41, 5.74) is 0.233. The molecule has 0 saturated heterocycles. The molecule has 0 aliphatic heterocycles. The van der Waals surface area contributed by atoms with E-state index in [9.17, 15) is 4.79 Å². The zero-order valence-electron chi connectivity index (χ0n) is 8.18. The van der Waals surface area contributed by atoms with Crippen LogP contribution in [-0.4, -0.2) is 6.29 Å². The van der Waals surface area contributed by atoms with Crippen LogP contribution in [0.5, 0.6) is 0 Å². The molecule has 0 aliphatic carbocycles. The first-order valence-electron chi connectivity index (χ1n) is 4.56. The molecule has 0 aromatic heterocycles. The van der Waals surface area contributed by atoms with Crippen molar-refractivity contribution in [3.8, 4) is 0 Å². The quantitative estimate of drug-likeness (QED) is 0.559. The van der Waals surface area contributed by atoms with Gasteiger partial charge in [-0.05, 0) is 11.8 Å². The molecule has 0 radical (unpaired) electrons. The largest absolute Gasteiger partial charge is 0.303 e. The van der Waals surface area contributed by atoms with E-state index in [1.165, 1.54) is 6.42 Å². The van der Waals surface area contributed by atoms with Crippen molar-refractivity contribution in [2.45, 2.75) is 47.0 Å². The highest BCUT2D eigenvalue weighted by atomic mass is 16.1. The molecule has 0 saturated carbocycles.